The van der Waals surface area contributed by atoms with Gasteiger partial charge in [0.05, 0.1) is 0 Å². The maximum atomic E-state index is 12.2. The molecule has 1 heterocycles. The zero-order valence-electron chi connectivity index (χ0n) is 13.3. The summed E-state index contributed by atoms with van der Waals surface area (Å²) < 4.78 is 5.23. The monoisotopic (exact) mass is 333 g/mol. The van der Waals surface area contributed by atoms with Gasteiger partial charge in [-0.3, -0.25) is 4.79 Å². The summed E-state index contributed by atoms with van der Waals surface area (Å²) in [5.41, 5.74) is 0.843. The van der Waals surface area contributed by atoms with Crippen LogP contribution in [-0.4, -0.2) is 34.0 Å². The molecular formula is C17H20ClN3O2. The largest absolute Gasteiger partial charge is 0.343 e. The second-order valence-corrected chi connectivity index (χ2v) is 6.54. The van der Waals surface area contributed by atoms with Crippen LogP contribution < -0.4 is 0 Å². The molecule has 23 heavy (non-hydrogen) atoms. The van der Waals surface area contributed by atoms with Crippen LogP contribution in [0.1, 0.15) is 32.1 Å². The first kappa shape index (κ1) is 16.0. The summed E-state index contributed by atoms with van der Waals surface area (Å²) in [6.07, 6.45) is 3.30. The molecule has 1 fully saturated rings. The normalized spacial score (nSPS) is 15.4. The lowest BCUT2D eigenvalue weighted by molar-refractivity contribution is -0.132. The summed E-state index contributed by atoms with van der Waals surface area (Å²) in [4.78, 5) is 18.4. The van der Waals surface area contributed by atoms with E-state index in [1.54, 1.807) is 12.1 Å². The zero-order valence-corrected chi connectivity index (χ0v) is 14.1. The predicted molar refractivity (Wildman–Crippen MR) is 88.0 cm³/mol. The van der Waals surface area contributed by atoms with Crippen LogP contribution in [0.25, 0.3) is 11.4 Å². The van der Waals surface area contributed by atoms with E-state index >= 15 is 0 Å². The number of carbonyl (C=O) groups is 1. The molecule has 1 atom stereocenters. The second-order valence-electron chi connectivity index (χ2n) is 6.10. The Balaban J connectivity index is 1.56. The maximum Gasteiger partial charge on any atom is 0.227 e. The van der Waals surface area contributed by atoms with Gasteiger partial charge in [-0.2, -0.15) is 4.98 Å². The van der Waals surface area contributed by atoms with Crippen molar-refractivity contribution >= 4 is 17.5 Å². The Bertz CT molecular complexity index is 679. The minimum Gasteiger partial charge on any atom is -0.343 e. The topological polar surface area (TPSA) is 59.2 Å². The lowest BCUT2D eigenvalue weighted by atomic mass is 10.1. The average Bonchev–Trinajstić information content (AvgIpc) is 3.30. The maximum absolute atomic E-state index is 12.2. The Morgan fingerprint density at radius 1 is 1.39 bits per heavy atom. The van der Waals surface area contributed by atoms with Gasteiger partial charge in [0.15, 0.2) is 0 Å². The molecule has 1 aromatic heterocycles. The Kier molecular flexibility index (Phi) is 4.66. The van der Waals surface area contributed by atoms with Gasteiger partial charge in [0.25, 0.3) is 0 Å². The minimum atomic E-state index is 0.121. The molecule has 1 aliphatic carbocycles. The lowest BCUT2D eigenvalue weighted by Gasteiger charge is -2.24. The van der Waals surface area contributed by atoms with Crippen LogP contribution in [-0.2, 0) is 11.2 Å². The van der Waals surface area contributed by atoms with Crippen LogP contribution in [0.3, 0.4) is 0 Å². The molecule has 1 aromatic carbocycles. The lowest BCUT2D eigenvalue weighted by Crippen LogP contribution is -2.36. The fourth-order valence-electron chi connectivity index (χ4n) is 2.58. The number of carbonyl (C=O) groups excluding carboxylic acids is 1. The third kappa shape index (κ3) is 3.91. The molecule has 1 aliphatic rings. The predicted octanol–water partition coefficient (Wildman–Crippen LogP) is 3.58. The van der Waals surface area contributed by atoms with E-state index in [9.17, 15) is 4.79 Å². The number of rotatable bonds is 6. The summed E-state index contributed by atoms with van der Waals surface area (Å²) >= 11 is 5.86. The number of hydrogen-bond acceptors (Lipinski definition) is 4. The van der Waals surface area contributed by atoms with E-state index in [-0.39, 0.29) is 5.91 Å². The molecule has 0 bridgehead atoms. The Labute approximate surface area is 140 Å². The van der Waals surface area contributed by atoms with Crippen molar-refractivity contribution in [1.82, 2.24) is 15.0 Å². The number of benzene rings is 1. The van der Waals surface area contributed by atoms with Crippen molar-refractivity contribution in [2.45, 2.75) is 38.6 Å². The number of nitrogens with zero attached hydrogens (tertiary/aromatic N) is 3. The molecule has 3 rings (SSSR count). The van der Waals surface area contributed by atoms with E-state index in [2.05, 4.69) is 17.1 Å². The molecule has 2 aromatic rings. The van der Waals surface area contributed by atoms with Crippen LogP contribution in [0.15, 0.2) is 28.8 Å². The third-order valence-electron chi connectivity index (χ3n) is 4.43. The van der Waals surface area contributed by atoms with Crippen LogP contribution >= 0.6 is 11.6 Å². The van der Waals surface area contributed by atoms with Gasteiger partial charge in [-0.05, 0) is 49.9 Å². The van der Waals surface area contributed by atoms with Gasteiger partial charge in [0, 0.05) is 36.5 Å². The number of halogens is 1. The molecule has 0 N–H and O–H groups in total. The molecule has 1 amide bonds. The number of hydrogen-bond donors (Lipinski definition) is 0. The van der Waals surface area contributed by atoms with E-state index in [0.717, 1.165) is 5.56 Å². The molecule has 6 heteroatoms. The Hall–Kier alpha value is -1.88. The van der Waals surface area contributed by atoms with E-state index in [1.165, 1.54) is 12.8 Å². The Morgan fingerprint density at radius 3 is 2.74 bits per heavy atom. The van der Waals surface area contributed by atoms with Crippen LogP contribution in [0.5, 0.6) is 0 Å². The molecule has 1 saturated carbocycles. The van der Waals surface area contributed by atoms with Crippen molar-refractivity contribution in [3.63, 3.8) is 0 Å². The summed E-state index contributed by atoms with van der Waals surface area (Å²) in [5, 5.41) is 4.62. The highest BCUT2D eigenvalue weighted by Crippen LogP contribution is 2.34. The number of aromatic nitrogens is 2. The van der Waals surface area contributed by atoms with Crippen molar-refractivity contribution in [3.8, 4) is 11.4 Å². The van der Waals surface area contributed by atoms with Crippen molar-refractivity contribution in [3.05, 3.63) is 35.2 Å². The van der Waals surface area contributed by atoms with Crippen LogP contribution in [0.4, 0.5) is 0 Å². The number of aryl methyl sites for hydroxylation is 1. The van der Waals surface area contributed by atoms with Crippen molar-refractivity contribution < 1.29 is 9.32 Å². The number of amides is 1. The van der Waals surface area contributed by atoms with Gasteiger partial charge in [0.2, 0.25) is 17.6 Å². The smallest absolute Gasteiger partial charge is 0.227 e. The molecule has 0 aliphatic heterocycles. The van der Waals surface area contributed by atoms with Crippen LogP contribution in [0.2, 0.25) is 5.02 Å². The van der Waals surface area contributed by atoms with E-state index < -0.39 is 0 Å². The minimum absolute atomic E-state index is 0.121. The zero-order chi connectivity index (χ0) is 16.4. The van der Waals surface area contributed by atoms with Gasteiger partial charge in [-0.15, -0.1) is 0 Å². The highest BCUT2D eigenvalue weighted by atomic mass is 35.5. The van der Waals surface area contributed by atoms with E-state index in [1.807, 2.05) is 24.1 Å². The Morgan fingerprint density at radius 2 is 2.09 bits per heavy atom. The van der Waals surface area contributed by atoms with E-state index in [0.29, 0.717) is 41.5 Å². The van der Waals surface area contributed by atoms with Crippen molar-refractivity contribution in [2.24, 2.45) is 5.92 Å². The first-order valence-corrected chi connectivity index (χ1v) is 8.26. The second kappa shape index (κ2) is 6.71. The van der Waals surface area contributed by atoms with Gasteiger partial charge in [-0.25, -0.2) is 0 Å². The van der Waals surface area contributed by atoms with Crippen molar-refractivity contribution in [2.75, 3.05) is 7.05 Å². The molecule has 122 valence electrons. The van der Waals surface area contributed by atoms with Crippen molar-refractivity contribution in [1.29, 1.82) is 0 Å². The summed E-state index contributed by atoms with van der Waals surface area (Å²) in [5.74, 6) is 1.79. The van der Waals surface area contributed by atoms with Gasteiger partial charge >= 0.3 is 0 Å². The quantitative estimate of drug-likeness (QED) is 0.810. The first-order valence-electron chi connectivity index (χ1n) is 7.89. The fourth-order valence-corrected chi connectivity index (χ4v) is 2.71. The average molecular weight is 334 g/mol. The molecule has 0 saturated heterocycles. The molecule has 0 radical (unpaired) electrons. The molecule has 1 unspecified atom stereocenters. The van der Waals surface area contributed by atoms with Gasteiger partial charge < -0.3 is 9.42 Å². The summed E-state index contributed by atoms with van der Waals surface area (Å²) in [6, 6.07) is 7.56. The third-order valence-corrected chi connectivity index (χ3v) is 4.68. The molecule has 5 nitrogen and oxygen atoms in total. The molecular weight excluding hydrogens is 314 g/mol. The van der Waals surface area contributed by atoms with Gasteiger partial charge in [0.1, 0.15) is 0 Å². The summed E-state index contributed by atoms with van der Waals surface area (Å²) in [6.45, 7) is 2.11. The summed E-state index contributed by atoms with van der Waals surface area (Å²) in [7, 11) is 1.87. The highest BCUT2D eigenvalue weighted by molar-refractivity contribution is 6.30. The van der Waals surface area contributed by atoms with Gasteiger partial charge in [-0.1, -0.05) is 16.8 Å². The standard InChI is InChI=1S/C17H20ClN3O2/c1-11(12-3-4-12)21(2)16(22)10-9-15-19-17(20-23-15)13-5-7-14(18)8-6-13/h5-8,11-12H,3-4,9-10H2,1-2H3. The molecule has 0 spiro atoms. The highest BCUT2D eigenvalue weighted by Gasteiger charge is 2.32. The SMILES string of the molecule is CC(C1CC1)N(C)C(=O)CCc1nc(-c2ccc(Cl)cc2)no1. The first-order chi connectivity index (χ1) is 11.0. The fraction of sp³-hybridized carbons (Fsp3) is 0.471. The van der Waals surface area contributed by atoms with Crippen LogP contribution in [0, 0.1) is 5.92 Å². The van der Waals surface area contributed by atoms with E-state index in [4.69, 9.17) is 16.1 Å².